The molecule has 0 aliphatic rings. The van der Waals surface area contributed by atoms with E-state index in [1.165, 1.54) is 6.07 Å². The van der Waals surface area contributed by atoms with Gasteiger partial charge in [-0.2, -0.15) is 13.2 Å². The number of nitrogens with two attached hydrogens (primary N) is 1. The monoisotopic (exact) mass is 267 g/mol. The summed E-state index contributed by atoms with van der Waals surface area (Å²) in [5.41, 5.74) is 3.72. The second kappa shape index (κ2) is 3.61. The lowest BCUT2D eigenvalue weighted by Crippen LogP contribution is -2.10. The Hall–Kier alpha value is -1.04. The van der Waals surface area contributed by atoms with E-state index >= 15 is 0 Å². The lowest BCUT2D eigenvalue weighted by atomic mass is 10.1. The third-order valence-corrected chi connectivity index (χ3v) is 2.23. The van der Waals surface area contributed by atoms with Gasteiger partial charge < -0.3 is 5.73 Å². The molecule has 6 heteroatoms. The van der Waals surface area contributed by atoms with Crippen molar-refractivity contribution in [3.05, 3.63) is 27.7 Å². The molecule has 0 fully saturated rings. The summed E-state index contributed by atoms with van der Waals surface area (Å²) in [5.74, 6) is 0. The molecule has 0 radical (unpaired) electrons. The molecule has 0 saturated carbocycles. The molecule has 0 saturated heterocycles. The van der Waals surface area contributed by atoms with Gasteiger partial charge in [0.1, 0.15) is 0 Å². The van der Waals surface area contributed by atoms with Crippen LogP contribution in [0.4, 0.5) is 18.9 Å². The molecule has 2 N–H and O–H groups in total. The average Bonchev–Trinajstić information content (AvgIpc) is 2.01. The molecule has 1 aromatic carbocycles. The van der Waals surface area contributed by atoms with Crippen molar-refractivity contribution >= 4 is 27.9 Å². The molecule has 76 valence electrons. The Morgan fingerprint density at radius 2 is 1.93 bits per heavy atom. The Kier molecular flexibility index (Phi) is 2.84. The number of benzene rings is 1. The van der Waals surface area contributed by atoms with Crippen LogP contribution < -0.4 is 5.73 Å². The first-order valence-corrected chi connectivity index (χ1v) is 4.27. The van der Waals surface area contributed by atoms with E-state index in [1.54, 1.807) is 0 Å². The predicted octanol–water partition coefficient (Wildman–Crippen LogP) is 2.86. The van der Waals surface area contributed by atoms with E-state index in [2.05, 4.69) is 15.9 Å². The van der Waals surface area contributed by atoms with Crippen molar-refractivity contribution in [2.45, 2.75) is 6.18 Å². The normalized spacial score (nSPS) is 11.4. The number of halogens is 4. The average molecular weight is 268 g/mol. The van der Waals surface area contributed by atoms with Gasteiger partial charge >= 0.3 is 6.18 Å². The standard InChI is InChI=1S/C8H5BrF3NO/c9-7-2-4(13)1-6(5(7)3-14)8(10,11)12/h1-3H,13H2. The molecule has 0 heterocycles. The number of hydrogen-bond donors (Lipinski definition) is 1. The van der Waals surface area contributed by atoms with Gasteiger partial charge in [-0.3, -0.25) is 4.79 Å². The van der Waals surface area contributed by atoms with Crippen LogP contribution in [0.5, 0.6) is 0 Å². The quantitative estimate of drug-likeness (QED) is 0.628. The third-order valence-electron chi connectivity index (χ3n) is 1.58. The van der Waals surface area contributed by atoms with E-state index in [0.29, 0.717) is 0 Å². The fourth-order valence-electron chi connectivity index (χ4n) is 0.993. The number of rotatable bonds is 1. The second-order valence-electron chi connectivity index (χ2n) is 2.58. The molecule has 0 aromatic heterocycles. The fourth-order valence-corrected chi connectivity index (χ4v) is 1.56. The summed E-state index contributed by atoms with van der Waals surface area (Å²) in [5, 5.41) is 0. The van der Waals surface area contributed by atoms with Crippen molar-refractivity contribution in [2.75, 3.05) is 5.73 Å². The SMILES string of the molecule is Nc1cc(Br)c(C=O)c(C(F)(F)F)c1. The molecule has 0 aliphatic carbocycles. The van der Waals surface area contributed by atoms with Gasteiger partial charge in [0.05, 0.1) is 5.56 Å². The molecule has 0 unspecified atom stereocenters. The molecule has 0 atom stereocenters. The first-order valence-electron chi connectivity index (χ1n) is 3.47. The molecule has 1 aromatic rings. The van der Waals surface area contributed by atoms with E-state index in [1.807, 2.05) is 0 Å². The molecule has 14 heavy (non-hydrogen) atoms. The zero-order valence-electron chi connectivity index (χ0n) is 6.73. The van der Waals surface area contributed by atoms with Crippen molar-refractivity contribution in [2.24, 2.45) is 0 Å². The molecule has 2 nitrogen and oxygen atoms in total. The fraction of sp³-hybridized carbons (Fsp3) is 0.125. The van der Waals surface area contributed by atoms with Gasteiger partial charge in [-0.15, -0.1) is 0 Å². The Morgan fingerprint density at radius 1 is 1.36 bits per heavy atom. The maximum absolute atomic E-state index is 12.4. The maximum Gasteiger partial charge on any atom is 0.417 e. The van der Waals surface area contributed by atoms with Crippen molar-refractivity contribution in [3.8, 4) is 0 Å². The minimum atomic E-state index is -4.58. The highest BCUT2D eigenvalue weighted by molar-refractivity contribution is 9.10. The van der Waals surface area contributed by atoms with Crippen LogP contribution in [0.3, 0.4) is 0 Å². The van der Waals surface area contributed by atoms with Gasteiger partial charge in [-0.1, -0.05) is 0 Å². The lowest BCUT2D eigenvalue weighted by Gasteiger charge is -2.11. The van der Waals surface area contributed by atoms with Gasteiger partial charge in [0.2, 0.25) is 0 Å². The zero-order chi connectivity index (χ0) is 10.9. The number of carbonyl (C=O) groups is 1. The van der Waals surface area contributed by atoms with Crippen LogP contribution >= 0.6 is 15.9 Å². The van der Waals surface area contributed by atoms with Crippen molar-refractivity contribution in [3.63, 3.8) is 0 Å². The minimum Gasteiger partial charge on any atom is -0.399 e. The number of aldehydes is 1. The summed E-state index contributed by atoms with van der Waals surface area (Å²) in [7, 11) is 0. The Balaban J connectivity index is 3.48. The number of alkyl halides is 3. The minimum absolute atomic E-state index is 0.0415. The van der Waals surface area contributed by atoms with Crippen LogP contribution in [0.2, 0.25) is 0 Å². The zero-order valence-corrected chi connectivity index (χ0v) is 8.32. The van der Waals surface area contributed by atoms with Gasteiger partial charge in [-0.25, -0.2) is 0 Å². The van der Waals surface area contributed by atoms with E-state index in [9.17, 15) is 18.0 Å². The van der Waals surface area contributed by atoms with Crippen LogP contribution in [0, 0.1) is 0 Å². The largest absolute Gasteiger partial charge is 0.417 e. The maximum atomic E-state index is 12.4. The molecule has 0 spiro atoms. The van der Waals surface area contributed by atoms with Crippen molar-refractivity contribution < 1.29 is 18.0 Å². The topological polar surface area (TPSA) is 43.1 Å². The van der Waals surface area contributed by atoms with Crippen LogP contribution in [0.1, 0.15) is 15.9 Å². The number of carbonyl (C=O) groups excluding carboxylic acids is 1. The summed E-state index contributed by atoms with van der Waals surface area (Å²) in [4.78, 5) is 10.4. The van der Waals surface area contributed by atoms with Gasteiger partial charge in [-0.05, 0) is 28.1 Å². The van der Waals surface area contributed by atoms with Crippen LogP contribution in [-0.2, 0) is 6.18 Å². The third kappa shape index (κ3) is 2.06. The van der Waals surface area contributed by atoms with Gasteiger partial charge in [0.15, 0.2) is 6.29 Å². The van der Waals surface area contributed by atoms with Crippen molar-refractivity contribution in [1.29, 1.82) is 0 Å². The summed E-state index contributed by atoms with van der Waals surface area (Å²) >= 11 is 2.84. The molecule has 0 bridgehead atoms. The first kappa shape index (κ1) is 11.0. The van der Waals surface area contributed by atoms with E-state index < -0.39 is 17.3 Å². The van der Waals surface area contributed by atoms with Gasteiger partial charge in [0.25, 0.3) is 0 Å². The van der Waals surface area contributed by atoms with E-state index in [4.69, 9.17) is 5.73 Å². The second-order valence-corrected chi connectivity index (χ2v) is 3.43. The number of anilines is 1. The molecule has 0 aliphatic heterocycles. The summed E-state index contributed by atoms with van der Waals surface area (Å²) < 4.78 is 37.1. The molecule has 1 rings (SSSR count). The highest BCUT2D eigenvalue weighted by Gasteiger charge is 2.34. The highest BCUT2D eigenvalue weighted by atomic mass is 79.9. The molecule has 0 amide bonds. The summed E-state index contributed by atoms with van der Waals surface area (Å²) in [6.45, 7) is 0. The first-order chi connectivity index (χ1) is 6.36. The van der Waals surface area contributed by atoms with Gasteiger partial charge in [0, 0.05) is 15.7 Å². The molecular weight excluding hydrogens is 263 g/mol. The Morgan fingerprint density at radius 3 is 2.36 bits per heavy atom. The number of nitrogen functional groups attached to an aromatic ring is 1. The highest BCUT2D eigenvalue weighted by Crippen LogP contribution is 2.35. The predicted molar refractivity (Wildman–Crippen MR) is 48.9 cm³/mol. The Bertz CT molecular complexity index is 376. The molecular formula is C8H5BrF3NO. The van der Waals surface area contributed by atoms with Crippen LogP contribution in [0.25, 0.3) is 0 Å². The van der Waals surface area contributed by atoms with Crippen molar-refractivity contribution in [1.82, 2.24) is 0 Å². The smallest absolute Gasteiger partial charge is 0.399 e. The van der Waals surface area contributed by atoms with Crippen LogP contribution in [0.15, 0.2) is 16.6 Å². The Labute approximate surface area is 86.0 Å². The van der Waals surface area contributed by atoms with Crippen LogP contribution in [-0.4, -0.2) is 6.29 Å². The number of hydrogen-bond acceptors (Lipinski definition) is 2. The van der Waals surface area contributed by atoms with E-state index in [-0.39, 0.29) is 16.4 Å². The summed E-state index contributed by atoms with van der Waals surface area (Å²) in [6.07, 6.45) is -4.43. The lowest BCUT2D eigenvalue weighted by molar-refractivity contribution is -0.137. The van der Waals surface area contributed by atoms with E-state index in [0.717, 1.165) is 6.07 Å². The summed E-state index contributed by atoms with van der Waals surface area (Å²) in [6, 6.07) is 1.98.